The number of amides is 2. The second kappa shape index (κ2) is 7.80. The number of Topliss-reactive ketones (excluding diaryl/α,β-unsaturated/α-hetero) is 1. The van der Waals surface area contributed by atoms with Gasteiger partial charge in [-0.05, 0) is 25.5 Å². The fraction of sp³-hybridized carbons (Fsp3) is 0.250. The molecule has 132 valence electrons. The van der Waals surface area contributed by atoms with E-state index in [1.54, 1.807) is 31.3 Å². The quantitative estimate of drug-likeness (QED) is 0.724. The Labute approximate surface area is 148 Å². The summed E-state index contributed by atoms with van der Waals surface area (Å²) in [5.41, 5.74) is 6.22. The van der Waals surface area contributed by atoms with Gasteiger partial charge in [0, 0.05) is 18.2 Å². The molecule has 2 amide bonds. The fourth-order valence-electron chi connectivity index (χ4n) is 2.19. The number of rotatable bonds is 6. The molecule has 0 saturated carbocycles. The van der Waals surface area contributed by atoms with E-state index in [4.69, 9.17) is 17.3 Å². The number of H-pyrrole nitrogens is 1. The summed E-state index contributed by atoms with van der Waals surface area (Å²) in [6, 6.07) is 4.78. The van der Waals surface area contributed by atoms with Gasteiger partial charge in [-0.25, -0.2) is 4.79 Å². The Kier molecular flexibility index (Phi) is 5.76. The third kappa shape index (κ3) is 4.57. The maximum Gasteiger partial charge on any atom is 0.405 e. The van der Waals surface area contributed by atoms with Gasteiger partial charge in [0.2, 0.25) is 0 Å². The van der Waals surface area contributed by atoms with Crippen molar-refractivity contribution in [3.63, 3.8) is 0 Å². The molecule has 8 nitrogen and oxygen atoms in total. The lowest BCUT2D eigenvalue weighted by molar-refractivity contribution is -0.125. The van der Waals surface area contributed by atoms with Crippen LogP contribution < -0.4 is 11.1 Å². The number of nitrogens with two attached hydrogens (primary N) is 1. The molecule has 0 saturated heterocycles. The zero-order valence-corrected chi connectivity index (χ0v) is 14.4. The molecule has 2 aromatic rings. The lowest BCUT2D eigenvalue weighted by atomic mass is 9.99. The number of anilines is 1. The first-order valence-corrected chi connectivity index (χ1v) is 7.75. The van der Waals surface area contributed by atoms with E-state index in [1.165, 1.54) is 6.92 Å². The largest absolute Gasteiger partial charge is 0.439 e. The van der Waals surface area contributed by atoms with Crippen LogP contribution in [0.4, 0.5) is 10.6 Å². The molecule has 1 heterocycles. The van der Waals surface area contributed by atoms with Gasteiger partial charge < -0.3 is 15.8 Å². The molecule has 0 spiro atoms. The molecule has 1 unspecified atom stereocenters. The summed E-state index contributed by atoms with van der Waals surface area (Å²) in [5.74, 6) is -0.536. The Morgan fingerprint density at radius 1 is 1.40 bits per heavy atom. The fourth-order valence-corrected chi connectivity index (χ4v) is 2.47. The summed E-state index contributed by atoms with van der Waals surface area (Å²) < 4.78 is 4.66. The van der Waals surface area contributed by atoms with E-state index < -0.39 is 23.9 Å². The topological polar surface area (TPSA) is 127 Å². The van der Waals surface area contributed by atoms with Gasteiger partial charge in [0.25, 0.3) is 5.91 Å². The zero-order chi connectivity index (χ0) is 18.6. The highest BCUT2D eigenvalue weighted by Crippen LogP contribution is 2.23. The summed E-state index contributed by atoms with van der Waals surface area (Å²) in [6.07, 6.45) is -0.577. The minimum Gasteiger partial charge on any atom is -0.439 e. The lowest BCUT2D eigenvalue weighted by Crippen LogP contribution is -2.29. The number of nitrogens with one attached hydrogen (secondary N) is 2. The molecule has 1 aromatic heterocycles. The molecule has 25 heavy (non-hydrogen) atoms. The molecule has 0 radical (unpaired) electrons. The van der Waals surface area contributed by atoms with Crippen molar-refractivity contribution in [2.24, 2.45) is 5.73 Å². The van der Waals surface area contributed by atoms with Crippen LogP contribution in [-0.2, 0) is 16.0 Å². The Balaban J connectivity index is 2.24. The Hall–Kier alpha value is -2.87. The molecule has 0 fully saturated rings. The number of halogens is 1. The van der Waals surface area contributed by atoms with E-state index in [9.17, 15) is 14.4 Å². The first-order chi connectivity index (χ1) is 11.8. The van der Waals surface area contributed by atoms with Crippen LogP contribution in [0.5, 0.6) is 0 Å². The highest BCUT2D eigenvalue weighted by Gasteiger charge is 2.22. The van der Waals surface area contributed by atoms with E-state index in [0.717, 1.165) is 5.56 Å². The average molecular weight is 365 g/mol. The number of benzene rings is 1. The van der Waals surface area contributed by atoms with Crippen LogP contribution in [0.25, 0.3) is 0 Å². The number of aromatic nitrogens is 2. The summed E-state index contributed by atoms with van der Waals surface area (Å²) in [5, 5.41) is 9.40. The van der Waals surface area contributed by atoms with Crippen LogP contribution in [0.1, 0.15) is 28.4 Å². The van der Waals surface area contributed by atoms with Crippen molar-refractivity contribution in [1.29, 1.82) is 0 Å². The first-order valence-electron chi connectivity index (χ1n) is 7.37. The number of hydrogen-bond donors (Lipinski definition) is 3. The zero-order valence-electron chi connectivity index (χ0n) is 13.6. The van der Waals surface area contributed by atoms with Crippen molar-refractivity contribution in [1.82, 2.24) is 10.2 Å². The number of aryl methyl sites for hydroxylation is 1. The summed E-state index contributed by atoms with van der Waals surface area (Å²) in [6.45, 7) is 3.18. The molecule has 0 bridgehead atoms. The van der Waals surface area contributed by atoms with Crippen molar-refractivity contribution in [3.05, 3.63) is 46.1 Å². The third-order valence-electron chi connectivity index (χ3n) is 3.50. The predicted molar refractivity (Wildman–Crippen MR) is 91.6 cm³/mol. The van der Waals surface area contributed by atoms with Crippen molar-refractivity contribution < 1.29 is 19.1 Å². The van der Waals surface area contributed by atoms with Gasteiger partial charge in [-0.1, -0.05) is 23.7 Å². The minimum absolute atomic E-state index is 0.142. The van der Waals surface area contributed by atoms with Crippen LogP contribution >= 0.6 is 11.6 Å². The number of carbonyl (C=O) groups excluding carboxylic acids is 3. The Morgan fingerprint density at radius 3 is 2.72 bits per heavy atom. The molecule has 0 aliphatic rings. The lowest BCUT2D eigenvalue weighted by Gasteiger charge is -2.13. The van der Waals surface area contributed by atoms with Gasteiger partial charge in [0.15, 0.2) is 17.7 Å². The second-order valence-electron chi connectivity index (χ2n) is 5.37. The molecule has 1 atom stereocenters. The summed E-state index contributed by atoms with van der Waals surface area (Å²) in [7, 11) is 0. The predicted octanol–water partition coefficient (Wildman–Crippen LogP) is 2.22. The number of primary amides is 1. The van der Waals surface area contributed by atoms with Crippen LogP contribution in [0, 0.1) is 6.92 Å². The molecular formula is C16H17ClN4O4. The van der Waals surface area contributed by atoms with Crippen molar-refractivity contribution >= 4 is 35.2 Å². The van der Waals surface area contributed by atoms with Crippen LogP contribution in [0.15, 0.2) is 24.4 Å². The summed E-state index contributed by atoms with van der Waals surface area (Å²) in [4.78, 5) is 35.5. The van der Waals surface area contributed by atoms with Crippen LogP contribution in [0.2, 0.25) is 5.02 Å². The molecule has 0 aliphatic carbocycles. The van der Waals surface area contributed by atoms with Gasteiger partial charge in [-0.2, -0.15) is 5.10 Å². The van der Waals surface area contributed by atoms with Gasteiger partial charge in [0.1, 0.15) is 0 Å². The van der Waals surface area contributed by atoms with Gasteiger partial charge in [-0.15, -0.1) is 0 Å². The SMILES string of the molecule is Cc1c[nH]nc1NC(=O)c1c(Cl)cccc1CC(=O)C(C)OC(N)=O. The number of nitrogens with zero attached hydrogens (tertiary/aromatic N) is 1. The highest BCUT2D eigenvalue weighted by atomic mass is 35.5. The Bertz CT molecular complexity index is 818. The monoisotopic (exact) mass is 364 g/mol. The number of ether oxygens (including phenoxy) is 1. The number of carbonyl (C=O) groups is 3. The molecule has 4 N–H and O–H groups in total. The molecule has 2 rings (SSSR count). The molecule has 1 aromatic carbocycles. The van der Waals surface area contributed by atoms with Gasteiger partial charge in [0.05, 0.1) is 10.6 Å². The number of hydrogen-bond acceptors (Lipinski definition) is 5. The van der Waals surface area contributed by atoms with E-state index in [0.29, 0.717) is 11.4 Å². The highest BCUT2D eigenvalue weighted by molar-refractivity contribution is 6.34. The Morgan fingerprint density at radius 2 is 2.12 bits per heavy atom. The minimum atomic E-state index is -1.04. The average Bonchev–Trinajstić information content (AvgIpc) is 2.91. The number of aromatic amines is 1. The molecular weight excluding hydrogens is 348 g/mol. The molecule has 9 heteroatoms. The summed E-state index contributed by atoms with van der Waals surface area (Å²) >= 11 is 6.15. The van der Waals surface area contributed by atoms with Crippen LogP contribution in [0.3, 0.4) is 0 Å². The van der Waals surface area contributed by atoms with E-state index >= 15 is 0 Å². The van der Waals surface area contributed by atoms with E-state index in [2.05, 4.69) is 20.3 Å². The second-order valence-corrected chi connectivity index (χ2v) is 5.77. The van der Waals surface area contributed by atoms with Crippen molar-refractivity contribution in [2.75, 3.05) is 5.32 Å². The third-order valence-corrected chi connectivity index (χ3v) is 3.82. The maximum atomic E-state index is 12.6. The van der Waals surface area contributed by atoms with E-state index in [-0.39, 0.29) is 17.0 Å². The van der Waals surface area contributed by atoms with Crippen molar-refractivity contribution in [3.8, 4) is 0 Å². The van der Waals surface area contributed by atoms with Crippen LogP contribution in [-0.4, -0.2) is 34.1 Å². The smallest absolute Gasteiger partial charge is 0.405 e. The van der Waals surface area contributed by atoms with Gasteiger partial charge in [-0.3, -0.25) is 14.7 Å². The maximum absolute atomic E-state index is 12.6. The standard InChI is InChI=1S/C16H17ClN4O4/c1-8-7-19-21-14(8)20-15(23)13-10(4-3-5-11(13)17)6-12(22)9(2)25-16(18)24/h3-5,7,9H,6H2,1-2H3,(H2,18,24)(H2,19,20,21,23). The van der Waals surface area contributed by atoms with Gasteiger partial charge >= 0.3 is 6.09 Å². The molecule has 0 aliphatic heterocycles. The van der Waals surface area contributed by atoms with Crippen molar-refractivity contribution in [2.45, 2.75) is 26.4 Å². The first kappa shape index (κ1) is 18.5. The van der Waals surface area contributed by atoms with E-state index in [1.807, 2.05) is 0 Å². The number of ketones is 1. The normalized spacial score (nSPS) is 11.6.